The van der Waals surface area contributed by atoms with Gasteiger partial charge < -0.3 is 9.63 Å². The summed E-state index contributed by atoms with van der Waals surface area (Å²) >= 11 is 8.43. The van der Waals surface area contributed by atoms with Gasteiger partial charge in [-0.05, 0) is 47.5 Å². The van der Waals surface area contributed by atoms with E-state index in [0.29, 0.717) is 10.8 Å². The van der Waals surface area contributed by atoms with Crippen molar-refractivity contribution in [3.63, 3.8) is 0 Å². The Morgan fingerprint density at radius 2 is 1.93 bits per heavy atom. The molecule has 2 aromatic carbocycles. The van der Waals surface area contributed by atoms with Crippen LogP contribution in [-0.2, 0) is 5.41 Å². The van der Waals surface area contributed by atoms with Crippen molar-refractivity contribution >= 4 is 23.4 Å². The Hall–Kier alpha value is -2.69. The molecular formula is C23H16ClNO2S. The van der Waals surface area contributed by atoms with E-state index in [2.05, 4.69) is 35.5 Å². The highest BCUT2D eigenvalue weighted by molar-refractivity contribution is 8.03. The van der Waals surface area contributed by atoms with Gasteiger partial charge in [0.05, 0.1) is 11.1 Å². The highest BCUT2D eigenvalue weighted by atomic mass is 35.5. The first kappa shape index (κ1) is 17.4. The second-order valence-electron chi connectivity index (χ2n) is 6.85. The number of phenolic OH excluding ortho intramolecular Hbond substituents is 1. The van der Waals surface area contributed by atoms with Gasteiger partial charge in [-0.25, -0.2) is 0 Å². The summed E-state index contributed by atoms with van der Waals surface area (Å²) in [7, 11) is 0. The Labute approximate surface area is 172 Å². The lowest BCUT2D eigenvalue weighted by Crippen LogP contribution is -2.32. The molecule has 0 fully saturated rings. The van der Waals surface area contributed by atoms with Crippen LogP contribution in [0.4, 0.5) is 0 Å². The van der Waals surface area contributed by atoms with Gasteiger partial charge in [0.15, 0.2) is 5.76 Å². The average Bonchev–Trinajstić information content (AvgIpc) is 3.38. The highest BCUT2D eigenvalue weighted by Gasteiger charge is 2.41. The van der Waals surface area contributed by atoms with Gasteiger partial charge in [-0.2, -0.15) is 0 Å². The van der Waals surface area contributed by atoms with E-state index >= 15 is 0 Å². The van der Waals surface area contributed by atoms with E-state index in [4.69, 9.17) is 16.1 Å². The van der Waals surface area contributed by atoms with Crippen LogP contribution in [0.3, 0.4) is 0 Å². The van der Waals surface area contributed by atoms with Crippen molar-refractivity contribution in [2.75, 3.05) is 5.75 Å². The fourth-order valence-corrected chi connectivity index (χ4v) is 5.22. The van der Waals surface area contributed by atoms with Gasteiger partial charge in [0.25, 0.3) is 0 Å². The van der Waals surface area contributed by atoms with Gasteiger partial charge in [-0.1, -0.05) is 53.2 Å². The Kier molecular flexibility index (Phi) is 4.18. The van der Waals surface area contributed by atoms with Crippen LogP contribution in [0.15, 0.2) is 93.9 Å². The Morgan fingerprint density at radius 1 is 1.11 bits per heavy atom. The number of nitrogens with zero attached hydrogens (tertiary/aromatic N) is 1. The van der Waals surface area contributed by atoms with Gasteiger partial charge in [0.1, 0.15) is 5.75 Å². The van der Waals surface area contributed by atoms with Gasteiger partial charge in [0.2, 0.25) is 0 Å². The molecule has 1 N–H and O–H groups in total. The molecule has 1 aromatic heterocycles. The molecule has 138 valence electrons. The van der Waals surface area contributed by atoms with Crippen LogP contribution in [0.25, 0.3) is 11.3 Å². The summed E-state index contributed by atoms with van der Waals surface area (Å²) in [6.07, 6.45) is 8.58. The van der Waals surface area contributed by atoms with Gasteiger partial charge in [0, 0.05) is 27.3 Å². The minimum atomic E-state index is -0.483. The van der Waals surface area contributed by atoms with Crippen LogP contribution in [0.1, 0.15) is 11.3 Å². The number of halogens is 1. The Bertz CT molecular complexity index is 1140. The lowest BCUT2D eigenvalue weighted by Gasteiger charge is -2.34. The molecule has 2 aliphatic rings. The molecule has 2 heterocycles. The predicted octanol–water partition coefficient (Wildman–Crippen LogP) is 6.11. The van der Waals surface area contributed by atoms with Crippen LogP contribution < -0.4 is 0 Å². The number of benzene rings is 2. The standard InChI is InChI=1S/C23H16ClNO2S/c24-19-6-2-1-5-18(19)23(13-16-4-3-7-21(16)28-14-23)22-12-20(27-25-22)15-8-10-17(26)11-9-15/h1-13,26H,14H2. The number of allylic oxidation sites excluding steroid dienone is 5. The fraction of sp³-hybridized carbons (Fsp3) is 0.0870. The lowest BCUT2D eigenvalue weighted by atomic mass is 9.77. The van der Waals surface area contributed by atoms with Crippen LogP contribution in [0.2, 0.25) is 5.02 Å². The number of aromatic hydroxyl groups is 1. The number of hydrogen-bond donors (Lipinski definition) is 1. The molecule has 0 radical (unpaired) electrons. The topological polar surface area (TPSA) is 46.3 Å². The van der Waals surface area contributed by atoms with Crippen molar-refractivity contribution in [1.82, 2.24) is 5.16 Å². The molecule has 1 unspecified atom stereocenters. The first-order valence-corrected chi connectivity index (χ1v) is 10.3. The normalized spacial score (nSPS) is 20.6. The molecule has 0 spiro atoms. The molecule has 0 amide bonds. The third kappa shape index (κ3) is 2.81. The molecule has 28 heavy (non-hydrogen) atoms. The maximum Gasteiger partial charge on any atom is 0.167 e. The summed E-state index contributed by atoms with van der Waals surface area (Å²) in [4.78, 5) is 1.27. The minimum Gasteiger partial charge on any atom is -0.508 e. The third-order valence-electron chi connectivity index (χ3n) is 5.14. The van der Waals surface area contributed by atoms with E-state index in [1.54, 1.807) is 23.9 Å². The molecular weight excluding hydrogens is 390 g/mol. The van der Waals surface area contributed by atoms with Crippen molar-refractivity contribution in [3.05, 3.63) is 106 Å². The summed E-state index contributed by atoms with van der Waals surface area (Å²) in [6.45, 7) is 0. The molecule has 0 saturated carbocycles. The van der Waals surface area contributed by atoms with Crippen molar-refractivity contribution in [1.29, 1.82) is 0 Å². The SMILES string of the molecule is Oc1ccc(-c2cc(C3(c4ccccc4Cl)C=C4C=CC=C4SC3)no2)cc1. The van der Waals surface area contributed by atoms with Crippen LogP contribution in [0.5, 0.6) is 5.75 Å². The molecule has 0 saturated heterocycles. The molecule has 3 aromatic rings. The molecule has 5 rings (SSSR count). The summed E-state index contributed by atoms with van der Waals surface area (Å²) in [5.41, 5.74) is 3.40. The number of hydrogen-bond acceptors (Lipinski definition) is 4. The van der Waals surface area contributed by atoms with Crippen molar-refractivity contribution in [3.8, 4) is 17.1 Å². The second-order valence-corrected chi connectivity index (χ2v) is 8.28. The summed E-state index contributed by atoms with van der Waals surface area (Å²) in [5, 5.41) is 14.7. The van der Waals surface area contributed by atoms with E-state index in [1.165, 1.54) is 10.5 Å². The van der Waals surface area contributed by atoms with E-state index in [9.17, 15) is 5.11 Å². The zero-order valence-corrected chi connectivity index (χ0v) is 16.4. The summed E-state index contributed by atoms with van der Waals surface area (Å²) in [6, 6.07) is 16.8. The molecule has 3 nitrogen and oxygen atoms in total. The molecule has 1 atom stereocenters. The lowest BCUT2D eigenvalue weighted by molar-refractivity contribution is 0.414. The van der Waals surface area contributed by atoms with Crippen LogP contribution in [0, 0.1) is 0 Å². The highest BCUT2D eigenvalue weighted by Crippen LogP contribution is 2.49. The van der Waals surface area contributed by atoms with E-state index in [-0.39, 0.29) is 5.75 Å². The fourth-order valence-electron chi connectivity index (χ4n) is 3.68. The number of thioether (sulfide) groups is 1. The first-order chi connectivity index (χ1) is 13.7. The van der Waals surface area contributed by atoms with Crippen molar-refractivity contribution < 1.29 is 9.63 Å². The van der Waals surface area contributed by atoms with Gasteiger partial charge in [-0.15, -0.1) is 11.8 Å². The zero-order valence-electron chi connectivity index (χ0n) is 14.8. The van der Waals surface area contributed by atoms with Crippen molar-refractivity contribution in [2.45, 2.75) is 5.41 Å². The molecule has 0 bridgehead atoms. The quantitative estimate of drug-likeness (QED) is 0.570. The van der Waals surface area contributed by atoms with E-state index < -0.39 is 5.41 Å². The monoisotopic (exact) mass is 405 g/mol. The first-order valence-electron chi connectivity index (χ1n) is 8.92. The number of fused-ring (bicyclic) bond motifs is 1. The maximum atomic E-state index is 9.54. The number of phenols is 1. The maximum absolute atomic E-state index is 9.54. The molecule has 1 aliphatic heterocycles. The van der Waals surface area contributed by atoms with E-state index in [0.717, 1.165) is 22.6 Å². The smallest absolute Gasteiger partial charge is 0.167 e. The van der Waals surface area contributed by atoms with Gasteiger partial charge >= 0.3 is 0 Å². The summed E-state index contributed by atoms with van der Waals surface area (Å²) < 4.78 is 5.70. The van der Waals surface area contributed by atoms with Crippen LogP contribution >= 0.6 is 23.4 Å². The largest absolute Gasteiger partial charge is 0.508 e. The van der Waals surface area contributed by atoms with E-state index in [1.807, 2.05) is 36.4 Å². The zero-order chi connectivity index (χ0) is 19.1. The minimum absolute atomic E-state index is 0.219. The molecule has 1 aliphatic carbocycles. The summed E-state index contributed by atoms with van der Waals surface area (Å²) in [5.74, 6) is 1.67. The Morgan fingerprint density at radius 3 is 2.75 bits per heavy atom. The molecule has 5 heteroatoms. The number of aromatic nitrogens is 1. The number of rotatable bonds is 3. The second kappa shape index (κ2) is 6.73. The third-order valence-corrected chi connectivity index (χ3v) is 6.75. The van der Waals surface area contributed by atoms with Gasteiger partial charge in [-0.3, -0.25) is 0 Å². The van der Waals surface area contributed by atoms with Crippen LogP contribution in [-0.4, -0.2) is 16.0 Å². The van der Waals surface area contributed by atoms with Crippen molar-refractivity contribution in [2.24, 2.45) is 0 Å². The Balaban J connectivity index is 1.67. The average molecular weight is 406 g/mol. The predicted molar refractivity (Wildman–Crippen MR) is 114 cm³/mol.